The Balaban J connectivity index is 1.73. The normalized spacial score (nSPS) is 15.8. The van der Waals surface area contributed by atoms with Gasteiger partial charge in [-0.2, -0.15) is 0 Å². The Bertz CT molecular complexity index is 682. The number of methoxy groups -OCH3 is 1. The molecular weight excluding hydrogens is 282 g/mol. The van der Waals surface area contributed by atoms with Crippen LogP contribution in [0, 0.1) is 0 Å². The molecule has 0 aliphatic carbocycles. The molecule has 1 heterocycles. The molecule has 0 N–H and O–H groups in total. The molecule has 1 unspecified atom stereocenters. The van der Waals surface area contributed by atoms with Gasteiger partial charge in [-0.15, -0.1) is 11.8 Å². The standard InChI is InChI=1S/C17H15NO2S/c1-20-17(19)16-15-8-7-14(9-13(15)10-18-16)21-11-12-5-3-2-4-6-12/h2-10,16H,11H2,1H3. The Kier molecular flexibility index (Phi) is 4.06. The van der Waals surface area contributed by atoms with E-state index in [1.54, 1.807) is 18.0 Å². The van der Waals surface area contributed by atoms with E-state index in [1.807, 2.05) is 30.3 Å². The highest BCUT2D eigenvalue weighted by molar-refractivity contribution is 7.98. The van der Waals surface area contributed by atoms with Crippen LogP contribution < -0.4 is 0 Å². The fourth-order valence-electron chi connectivity index (χ4n) is 2.28. The first kappa shape index (κ1) is 13.9. The van der Waals surface area contributed by atoms with Gasteiger partial charge in [0.15, 0.2) is 6.04 Å². The van der Waals surface area contributed by atoms with Crippen molar-refractivity contribution in [2.45, 2.75) is 16.7 Å². The van der Waals surface area contributed by atoms with Crippen molar-refractivity contribution in [3.8, 4) is 0 Å². The van der Waals surface area contributed by atoms with Crippen LogP contribution in [0.3, 0.4) is 0 Å². The Morgan fingerprint density at radius 2 is 2.05 bits per heavy atom. The van der Waals surface area contributed by atoms with Gasteiger partial charge in [-0.3, -0.25) is 4.99 Å². The average Bonchev–Trinajstić information content (AvgIpc) is 2.96. The van der Waals surface area contributed by atoms with Crippen molar-refractivity contribution in [1.29, 1.82) is 0 Å². The lowest BCUT2D eigenvalue weighted by Gasteiger charge is -2.08. The summed E-state index contributed by atoms with van der Waals surface area (Å²) in [6.45, 7) is 0. The summed E-state index contributed by atoms with van der Waals surface area (Å²) in [7, 11) is 1.39. The zero-order valence-electron chi connectivity index (χ0n) is 11.7. The molecule has 0 aromatic heterocycles. The maximum atomic E-state index is 11.6. The SMILES string of the molecule is COC(=O)C1N=Cc2cc(SCc3ccccc3)ccc21. The number of esters is 1. The van der Waals surface area contributed by atoms with Gasteiger partial charge in [0.05, 0.1) is 7.11 Å². The van der Waals surface area contributed by atoms with Crippen LogP contribution in [-0.2, 0) is 15.3 Å². The van der Waals surface area contributed by atoms with Crippen LogP contribution >= 0.6 is 11.8 Å². The van der Waals surface area contributed by atoms with E-state index < -0.39 is 6.04 Å². The van der Waals surface area contributed by atoms with Gasteiger partial charge in [0.25, 0.3) is 0 Å². The van der Waals surface area contributed by atoms with E-state index in [4.69, 9.17) is 4.74 Å². The van der Waals surface area contributed by atoms with Crippen molar-refractivity contribution in [3.05, 3.63) is 65.2 Å². The number of rotatable bonds is 4. The Labute approximate surface area is 128 Å². The molecule has 3 nitrogen and oxygen atoms in total. The fraction of sp³-hybridized carbons (Fsp3) is 0.176. The van der Waals surface area contributed by atoms with E-state index in [0.717, 1.165) is 16.9 Å². The molecule has 1 aliphatic heterocycles. The molecule has 2 aromatic rings. The number of ether oxygens (including phenoxy) is 1. The van der Waals surface area contributed by atoms with Crippen LogP contribution in [0.15, 0.2) is 58.4 Å². The molecule has 21 heavy (non-hydrogen) atoms. The predicted octanol–water partition coefficient (Wildman–Crippen LogP) is 3.63. The lowest BCUT2D eigenvalue weighted by molar-refractivity contribution is -0.142. The molecule has 2 aromatic carbocycles. The molecule has 4 heteroatoms. The number of thioether (sulfide) groups is 1. The number of benzene rings is 2. The Hall–Kier alpha value is -2.07. The number of carbonyl (C=O) groups is 1. The van der Waals surface area contributed by atoms with Gasteiger partial charge in [-0.25, -0.2) is 4.79 Å². The summed E-state index contributed by atoms with van der Waals surface area (Å²) in [6.07, 6.45) is 1.75. The number of hydrogen-bond acceptors (Lipinski definition) is 4. The second-order valence-electron chi connectivity index (χ2n) is 4.77. The van der Waals surface area contributed by atoms with Gasteiger partial charge >= 0.3 is 5.97 Å². The lowest BCUT2D eigenvalue weighted by atomic mass is 10.0. The largest absolute Gasteiger partial charge is 0.467 e. The fourth-order valence-corrected chi connectivity index (χ4v) is 3.18. The first-order valence-corrected chi connectivity index (χ1v) is 7.68. The first-order valence-electron chi connectivity index (χ1n) is 6.69. The minimum Gasteiger partial charge on any atom is -0.467 e. The minimum absolute atomic E-state index is 0.310. The molecule has 106 valence electrons. The molecule has 0 radical (unpaired) electrons. The van der Waals surface area contributed by atoms with E-state index in [9.17, 15) is 4.79 Å². The molecule has 1 aliphatic rings. The molecule has 0 saturated carbocycles. The summed E-state index contributed by atoms with van der Waals surface area (Å²) < 4.78 is 4.77. The number of fused-ring (bicyclic) bond motifs is 1. The quantitative estimate of drug-likeness (QED) is 0.639. The molecule has 1 atom stereocenters. The summed E-state index contributed by atoms with van der Waals surface area (Å²) in [5.41, 5.74) is 3.22. The number of nitrogens with zero attached hydrogens (tertiary/aromatic N) is 1. The maximum absolute atomic E-state index is 11.6. The zero-order valence-corrected chi connectivity index (χ0v) is 12.5. The van der Waals surface area contributed by atoms with Crippen LogP contribution in [0.5, 0.6) is 0 Å². The molecule has 0 saturated heterocycles. The third kappa shape index (κ3) is 3.00. The molecule has 0 amide bonds. The van der Waals surface area contributed by atoms with Crippen LogP contribution in [0.2, 0.25) is 0 Å². The van der Waals surface area contributed by atoms with Crippen molar-refractivity contribution in [2.75, 3.05) is 7.11 Å². The van der Waals surface area contributed by atoms with Gasteiger partial charge in [0.1, 0.15) is 0 Å². The first-order chi connectivity index (χ1) is 10.3. The van der Waals surface area contributed by atoms with Crippen LogP contribution in [-0.4, -0.2) is 19.3 Å². The highest BCUT2D eigenvalue weighted by Crippen LogP contribution is 2.31. The molecular formula is C17H15NO2S. The van der Waals surface area contributed by atoms with Gasteiger partial charge in [-0.05, 0) is 28.8 Å². The van der Waals surface area contributed by atoms with E-state index in [2.05, 4.69) is 23.2 Å². The molecule has 0 bridgehead atoms. The van der Waals surface area contributed by atoms with Crippen LogP contribution in [0.4, 0.5) is 0 Å². The van der Waals surface area contributed by atoms with E-state index in [1.165, 1.54) is 17.6 Å². The summed E-state index contributed by atoms with van der Waals surface area (Å²) >= 11 is 1.78. The summed E-state index contributed by atoms with van der Waals surface area (Å²) in [6, 6.07) is 15.9. The number of aliphatic imine (C=N–C) groups is 1. The monoisotopic (exact) mass is 297 g/mol. The highest BCUT2D eigenvalue weighted by atomic mass is 32.2. The van der Waals surface area contributed by atoms with Gasteiger partial charge < -0.3 is 4.74 Å². The molecule has 0 spiro atoms. The minimum atomic E-state index is -0.502. The highest BCUT2D eigenvalue weighted by Gasteiger charge is 2.26. The van der Waals surface area contributed by atoms with Gasteiger partial charge in [0, 0.05) is 16.9 Å². The number of carbonyl (C=O) groups excluding carboxylic acids is 1. The topological polar surface area (TPSA) is 38.7 Å². The van der Waals surface area contributed by atoms with Crippen molar-refractivity contribution in [2.24, 2.45) is 4.99 Å². The van der Waals surface area contributed by atoms with Crippen molar-refractivity contribution >= 4 is 23.9 Å². The molecule has 0 fully saturated rings. The predicted molar refractivity (Wildman–Crippen MR) is 84.8 cm³/mol. The lowest BCUT2D eigenvalue weighted by Crippen LogP contribution is -2.10. The van der Waals surface area contributed by atoms with Crippen LogP contribution in [0.1, 0.15) is 22.7 Å². The summed E-state index contributed by atoms with van der Waals surface area (Å²) in [5, 5.41) is 0. The van der Waals surface area contributed by atoms with Crippen molar-refractivity contribution < 1.29 is 9.53 Å². The molecule has 3 rings (SSSR count). The summed E-state index contributed by atoms with van der Waals surface area (Å²) in [5.74, 6) is 0.617. The smallest absolute Gasteiger partial charge is 0.335 e. The Morgan fingerprint density at radius 1 is 1.24 bits per heavy atom. The van der Waals surface area contributed by atoms with E-state index >= 15 is 0 Å². The maximum Gasteiger partial charge on any atom is 0.335 e. The van der Waals surface area contributed by atoms with Gasteiger partial charge in [0.2, 0.25) is 0 Å². The van der Waals surface area contributed by atoms with Crippen LogP contribution in [0.25, 0.3) is 0 Å². The Morgan fingerprint density at radius 3 is 2.81 bits per heavy atom. The third-order valence-electron chi connectivity index (χ3n) is 3.39. The average molecular weight is 297 g/mol. The second-order valence-corrected chi connectivity index (χ2v) is 5.82. The second kappa shape index (κ2) is 6.14. The van der Waals surface area contributed by atoms with Gasteiger partial charge in [-0.1, -0.05) is 36.4 Å². The van der Waals surface area contributed by atoms with Crippen molar-refractivity contribution in [3.63, 3.8) is 0 Å². The zero-order chi connectivity index (χ0) is 14.7. The van der Waals surface area contributed by atoms with Crippen molar-refractivity contribution in [1.82, 2.24) is 0 Å². The third-order valence-corrected chi connectivity index (χ3v) is 4.45. The van der Waals surface area contributed by atoms with E-state index in [-0.39, 0.29) is 5.97 Å². The number of hydrogen-bond donors (Lipinski definition) is 0. The summed E-state index contributed by atoms with van der Waals surface area (Å²) in [4.78, 5) is 17.0. The van der Waals surface area contributed by atoms with E-state index in [0.29, 0.717) is 0 Å².